The van der Waals surface area contributed by atoms with E-state index in [1.165, 1.54) is 6.07 Å². The lowest BCUT2D eigenvalue weighted by molar-refractivity contribution is -0.415. The van der Waals surface area contributed by atoms with Crippen LogP contribution in [0.5, 0.6) is 11.5 Å². The van der Waals surface area contributed by atoms with Crippen molar-refractivity contribution in [3.63, 3.8) is 0 Å². The fourth-order valence-corrected chi connectivity index (χ4v) is 5.77. The maximum absolute atomic E-state index is 13.9. The van der Waals surface area contributed by atoms with Crippen LogP contribution in [-0.2, 0) is 4.74 Å². The normalized spacial score (nSPS) is 13.1. The Bertz CT molecular complexity index is 1870. The van der Waals surface area contributed by atoms with E-state index in [2.05, 4.69) is 22.9 Å². The van der Waals surface area contributed by atoms with Crippen LogP contribution >= 0.6 is 0 Å². The highest BCUT2D eigenvalue weighted by molar-refractivity contribution is 5.84. The highest BCUT2D eigenvalue weighted by atomic mass is 19.4. The number of rotatable bonds is 16. The molecule has 0 spiro atoms. The van der Waals surface area contributed by atoms with Crippen LogP contribution in [0.2, 0.25) is 0 Å². The number of hydrogen-bond acceptors (Lipinski definition) is 3. The molecule has 4 rings (SSSR count). The first-order valence-electron chi connectivity index (χ1n) is 16.5. The van der Waals surface area contributed by atoms with Gasteiger partial charge in [0.2, 0.25) is 0 Å². The second kappa shape index (κ2) is 15.8. The molecule has 0 amide bonds. The van der Waals surface area contributed by atoms with Crippen LogP contribution in [0.1, 0.15) is 35.1 Å². The fraction of sp³-hybridized carbons (Fsp3) is 0.385. The van der Waals surface area contributed by atoms with Crippen LogP contribution in [0, 0.1) is 27.7 Å². The molecule has 0 unspecified atom stereocenters. The van der Waals surface area contributed by atoms with Crippen molar-refractivity contribution in [2.75, 3.05) is 19.8 Å². The van der Waals surface area contributed by atoms with E-state index >= 15 is 0 Å². The first-order valence-corrected chi connectivity index (χ1v) is 16.5. The largest absolute Gasteiger partial charge is 0.507 e. The molecule has 0 heterocycles. The molecule has 0 saturated heterocycles. The lowest BCUT2D eigenvalue weighted by atomic mass is 9.89. The Hall–Kier alpha value is -4.40. The molecule has 294 valence electrons. The van der Waals surface area contributed by atoms with E-state index < -0.39 is 49.3 Å². The maximum atomic E-state index is 13.9. The lowest BCUT2D eigenvalue weighted by Gasteiger charge is -2.39. The summed E-state index contributed by atoms with van der Waals surface area (Å²) in [5, 5.41) is 11.0. The van der Waals surface area contributed by atoms with E-state index in [1.807, 2.05) is 64.1 Å². The van der Waals surface area contributed by atoms with Crippen LogP contribution in [0.15, 0.2) is 72.8 Å². The first-order chi connectivity index (χ1) is 24.9. The van der Waals surface area contributed by atoms with E-state index in [0.717, 1.165) is 44.5 Å². The Kier molecular flexibility index (Phi) is 12.4. The van der Waals surface area contributed by atoms with Gasteiger partial charge in [0, 0.05) is 18.2 Å². The summed E-state index contributed by atoms with van der Waals surface area (Å²) in [6, 6.07) is 22.7. The van der Waals surface area contributed by atoms with E-state index in [1.54, 1.807) is 12.1 Å². The van der Waals surface area contributed by atoms with Gasteiger partial charge in [-0.2, -0.15) is 43.9 Å². The summed E-state index contributed by atoms with van der Waals surface area (Å²) in [7, 11) is 0. The molecule has 1 N–H and O–H groups in total. The third-order valence-electron chi connectivity index (χ3n) is 8.77. The number of alkyl halides is 12. The monoisotopic (exact) mass is 780 g/mol. The molecular weight excluding hydrogens is 744 g/mol. The van der Waals surface area contributed by atoms with Crippen LogP contribution in [-0.4, -0.2) is 61.0 Å². The van der Waals surface area contributed by atoms with Crippen molar-refractivity contribution in [2.24, 2.45) is 0 Å². The van der Waals surface area contributed by atoms with E-state index in [-0.39, 0.29) is 30.9 Å². The van der Waals surface area contributed by atoms with Gasteiger partial charge in [0.15, 0.2) is 0 Å². The quantitative estimate of drug-likeness (QED) is 0.0909. The molecule has 54 heavy (non-hydrogen) atoms. The van der Waals surface area contributed by atoms with Crippen LogP contribution < -0.4 is 4.74 Å². The first kappa shape index (κ1) is 42.3. The Morgan fingerprint density at radius 3 is 1.48 bits per heavy atom. The summed E-state index contributed by atoms with van der Waals surface area (Å²) >= 11 is 0. The van der Waals surface area contributed by atoms with Gasteiger partial charge < -0.3 is 14.6 Å². The molecule has 0 radical (unpaired) electrons. The number of unbranched alkanes of at least 4 members (excludes halogenated alkanes) is 1. The van der Waals surface area contributed by atoms with Crippen LogP contribution in [0.25, 0.3) is 33.4 Å². The van der Waals surface area contributed by atoms with Crippen molar-refractivity contribution in [1.82, 2.24) is 0 Å². The van der Waals surface area contributed by atoms with Gasteiger partial charge in [-0.15, -0.1) is 0 Å². The molecule has 3 nitrogen and oxygen atoms in total. The Morgan fingerprint density at radius 2 is 1.02 bits per heavy atom. The predicted octanol–water partition coefficient (Wildman–Crippen LogP) is 12.2. The minimum Gasteiger partial charge on any atom is -0.507 e. The third-order valence-corrected chi connectivity index (χ3v) is 8.77. The summed E-state index contributed by atoms with van der Waals surface area (Å²) in [6.45, 7) is 4.45. The maximum Gasteiger partial charge on any atom is 0.384 e. The number of benzene rings is 4. The zero-order chi connectivity index (χ0) is 40.4. The SMILES string of the molecule is Cc1ccc(-c2cc(-c3ccc(C)cc3C)cc(-c3ccc(OCCCCOCC(F)(F)C(F)(F)C(F)(F)C(F)(F)C(F)(F)C(F)F)cc3O)c2)c(C)c1. The number of aryl methyl sites for hydroxylation is 4. The number of phenols is 1. The minimum absolute atomic E-state index is 0.00345. The minimum atomic E-state index is -7.59. The molecule has 0 fully saturated rings. The molecule has 0 saturated carbocycles. The van der Waals surface area contributed by atoms with Crippen molar-refractivity contribution in [1.29, 1.82) is 0 Å². The van der Waals surface area contributed by atoms with Crippen molar-refractivity contribution in [2.45, 2.75) is 76.6 Å². The predicted molar refractivity (Wildman–Crippen MR) is 180 cm³/mol. The molecule has 0 atom stereocenters. The van der Waals surface area contributed by atoms with Gasteiger partial charge in [-0.3, -0.25) is 0 Å². The lowest BCUT2D eigenvalue weighted by Crippen LogP contribution is -2.69. The second-order valence-electron chi connectivity index (χ2n) is 13.1. The fourth-order valence-electron chi connectivity index (χ4n) is 5.77. The summed E-state index contributed by atoms with van der Waals surface area (Å²) in [4.78, 5) is 0. The van der Waals surface area contributed by atoms with Crippen molar-refractivity contribution < 1.29 is 67.3 Å². The van der Waals surface area contributed by atoms with E-state index in [0.29, 0.717) is 11.1 Å². The van der Waals surface area contributed by atoms with Crippen molar-refractivity contribution in [3.05, 3.63) is 95.1 Å². The van der Waals surface area contributed by atoms with Gasteiger partial charge >= 0.3 is 36.0 Å². The van der Waals surface area contributed by atoms with E-state index in [4.69, 9.17) is 4.74 Å². The Labute approximate surface area is 303 Å². The van der Waals surface area contributed by atoms with Crippen LogP contribution in [0.4, 0.5) is 52.7 Å². The average Bonchev–Trinajstić information content (AvgIpc) is 3.07. The molecule has 0 aliphatic carbocycles. The second-order valence-corrected chi connectivity index (χ2v) is 13.1. The van der Waals surface area contributed by atoms with Crippen molar-refractivity contribution >= 4 is 0 Å². The zero-order valence-electron chi connectivity index (χ0n) is 29.3. The molecule has 0 bridgehead atoms. The van der Waals surface area contributed by atoms with Crippen LogP contribution in [0.3, 0.4) is 0 Å². The van der Waals surface area contributed by atoms with Gasteiger partial charge in [0.25, 0.3) is 0 Å². The van der Waals surface area contributed by atoms with Gasteiger partial charge in [-0.1, -0.05) is 47.5 Å². The summed E-state index contributed by atoms with van der Waals surface area (Å²) in [5.41, 5.74) is 9.35. The number of halogens is 12. The number of hydrogen-bond donors (Lipinski definition) is 1. The van der Waals surface area contributed by atoms with Gasteiger partial charge in [-0.05, 0) is 110 Å². The van der Waals surface area contributed by atoms with Gasteiger partial charge in [-0.25, -0.2) is 8.78 Å². The van der Waals surface area contributed by atoms with Crippen molar-refractivity contribution in [3.8, 4) is 44.9 Å². The average molecular weight is 781 g/mol. The molecule has 0 aliphatic rings. The number of ether oxygens (including phenoxy) is 2. The number of aromatic hydroxyl groups is 1. The third kappa shape index (κ3) is 8.30. The zero-order valence-corrected chi connectivity index (χ0v) is 29.3. The molecule has 4 aromatic rings. The molecular formula is C39H36F12O3. The smallest absolute Gasteiger partial charge is 0.384 e. The number of phenolic OH excluding ortho intramolecular Hbond substituents is 1. The van der Waals surface area contributed by atoms with Gasteiger partial charge in [0.05, 0.1) is 6.61 Å². The molecule has 4 aromatic carbocycles. The summed E-state index contributed by atoms with van der Waals surface area (Å²) in [5.74, 6) is -35.5. The Balaban J connectivity index is 1.41. The summed E-state index contributed by atoms with van der Waals surface area (Å²) in [6.07, 6.45) is -5.78. The van der Waals surface area contributed by atoms with E-state index in [9.17, 15) is 57.8 Å². The molecule has 0 aromatic heterocycles. The summed E-state index contributed by atoms with van der Waals surface area (Å²) < 4.78 is 170. The van der Waals surface area contributed by atoms with Gasteiger partial charge in [0.1, 0.15) is 18.1 Å². The molecule has 15 heteroatoms. The standard InChI is InChI=1S/C39H36F12O3/c1-22-7-10-30(24(3)15-22)26-17-27(31-11-8-23(2)16-25(31)4)19-28(18-26)32-12-9-29(20-33(32)52)54-14-6-5-13-53-21-35(42,43)37(46,47)39(50,51)38(48,49)36(44,45)34(40)41/h7-12,15-20,34,52H,5-6,13-14,21H2,1-4H3. The Morgan fingerprint density at radius 1 is 0.556 bits per heavy atom. The molecule has 0 aliphatic heterocycles. The highest BCUT2D eigenvalue weighted by Gasteiger charge is 2.87. The topological polar surface area (TPSA) is 38.7 Å². The highest BCUT2D eigenvalue weighted by Crippen LogP contribution is 2.58.